The van der Waals surface area contributed by atoms with Crippen molar-refractivity contribution in [3.8, 4) is 0 Å². The number of hydrogen-bond acceptors (Lipinski definition) is 3. The summed E-state index contributed by atoms with van der Waals surface area (Å²) in [5, 5.41) is 6.98. The maximum atomic E-state index is 11.9. The summed E-state index contributed by atoms with van der Waals surface area (Å²) in [6, 6.07) is 2.31. The van der Waals surface area contributed by atoms with Gasteiger partial charge in [0.2, 0.25) is 11.8 Å². The Kier molecular flexibility index (Phi) is 5.35. The fourth-order valence-corrected chi connectivity index (χ4v) is 2.74. The van der Waals surface area contributed by atoms with E-state index in [-0.39, 0.29) is 24.4 Å². The van der Waals surface area contributed by atoms with Gasteiger partial charge in [-0.1, -0.05) is 6.08 Å². The second-order valence-corrected chi connectivity index (χ2v) is 5.76. The third kappa shape index (κ3) is 4.49. The second kappa shape index (κ2) is 7.24. The van der Waals surface area contributed by atoms with Crippen LogP contribution in [-0.2, 0) is 16.0 Å². The first-order valence-corrected chi connectivity index (χ1v) is 7.83. The van der Waals surface area contributed by atoms with Crippen molar-refractivity contribution >= 4 is 23.2 Å². The van der Waals surface area contributed by atoms with Gasteiger partial charge >= 0.3 is 0 Å². The molecule has 0 saturated heterocycles. The molecule has 1 aliphatic carbocycles. The van der Waals surface area contributed by atoms with Crippen LogP contribution in [0.4, 0.5) is 0 Å². The van der Waals surface area contributed by atoms with Crippen LogP contribution in [0.5, 0.6) is 0 Å². The molecule has 1 aromatic rings. The van der Waals surface area contributed by atoms with E-state index in [1.807, 2.05) is 5.38 Å². The molecule has 1 fully saturated rings. The second-order valence-electron chi connectivity index (χ2n) is 4.98. The summed E-state index contributed by atoms with van der Waals surface area (Å²) in [4.78, 5) is 25.5. The predicted molar refractivity (Wildman–Crippen MR) is 80.6 cm³/mol. The van der Waals surface area contributed by atoms with E-state index in [0.717, 1.165) is 19.3 Å². The van der Waals surface area contributed by atoms with Crippen LogP contribution in [0.15, 0.2) is 29.5 Å². The molecule has 1 aromatic heterocycles. The highest BCUT2D eigenvalue weighted by Gasteiger charge is 2.32. The van der Waals surface area contributed by atoms with Gasteiger partial charge in [0.25, 0.3) is 0 Å². The van der Waals surface area contributed by atoms with Gasteiger partial charge in [-0.15, -0.1) is 6.58 Å². The summed E-state index contributed by atoms with van der Waals surface area (Å²) in [7, 11) is 0. The molecule has 1 heterocycles. The third-order valence-corrected chi connectivity index (χ3v) is 3.99. The number of nitrogens with zero attached hydrogens (tertiary/aromatic N) is 1. The summed E-state index contributed by atoms with van der Waals surface area (Å²) in [5.41, 5.74) is 1.23. The van der Waals surface area contributed by atoms with E-state index in [1.165, 1.54) is 5.56 Å². The van der Waals surface area contributed by atoms with E-state index < -0.39 is 0 Å². The monoisotopic (exact) mass is 292 g/mol. The Balaban J connectivity index is 1.73. The number of carbonyl (C=O) groups is 2. The van der Waals surface area contributed by atoms with Crippen molar-refractivity contribution in [3.63, 3.8) is 0 Å². The Morgan fingerprint density at radius 3 is 2.90 bits per heavy atom. The van der Waals surface area contributed by atoms with Crippen molar-refractivity contribution in [2.75, 3.05) is 13.1 Å². The van der Waals surface area contributed by atoms with Gasteiger partial charge in [-0.3, -0.25) is 9.59 Å². The predicted octanol–water partition coefficient (Wildman–Crippen LogP) is 1.97. The molecule has 4 nitrogen and oxygen atoms in total. The number of carbonyl (C=O) groups excluding carboxylic acids is 2. The molecule has 0 aromatic carbocycles. The number of hydrogen-bond donors (Lipinski definition) is 1. The zero-order valence-electron chi connectivity index (χ0n) is 11.5. The van der Waals surface area contributed by atoms with Crippen molar-refractivity contribution in [1.29, 1.82) is 0 Å². The van der Waals surface area contributed by atoms with E-state index in [0.29, 0.717) is 13.0 Å². The summed E-state index contributed by atoms with van der Waals surface area (Å²) >= 11 is 1.66. The minimum Gasteiger partial charge on any atom is -0.354 e. The molecule has 5 heteroatoms. The molecule has 2 amide bonds. The van der Waals surface area contributed by atoms with E-state index >= 15 is 0 Å². The molecule has 1 N–H and O–H groups in total. The molecule has 20 heavy (non-hydrogen) atoms. The quantitative estimate of drug-likeness (QED) is 0.745. The highest BCUT2D eigenvalue weighted by atomic mass is 32.1. The Morgan fingerprint density at radius 1 is 1.50 bits per heavy atom. The van der Waals surface area contributed by atoms with Gasteiger partial charge in [0.05, 0.1) is 6.54 Å². The zero-order chi connectivity index (χ0) is 14.4. The number of nitrogens with one attached hydrogen (secondary N) is 1. The van der Waals surface area contributed by atoms with Gasteiger partial charge in [-0.25, -0.2) is 0 Å². The molecule has 108 valence electrons. The fourth-order valence-electron chi connectivity index (χ4n) is 2.04. The summed E-state index contributed by atoms with van der Waals surface area (Å²) in [6.45, 7) is 4.36. The Morgan fingerprint density at radius 2 is 2.30 bits per heavy atom. The van der Waals surface area contributed by atoms with Gasteiger partial charge in [-0.2, -0.15) is 11.3 Å². The molecule has 0 bridgehead atoms. The molecular weight excluding hydrogens is 272 g/mol. The lowest BCUT2D eigenvalue weighted by Gasteiger charge is -2.21. The highest BCUT2D eigenvalue weighted by molar-refractivity contribution is 7.07. The van der Waals surface area contributed by atoms with Crippen LogP contribution in [0.2, 0.25) is 0 Å². The van der Waals surface area contributed by atoms with Crippen molar-refractivity contribution in [2.45, 2.75) is 31.7 Å². The largest absolute Gasteiger partial charge is 0.354 e. The first kappa shape index (κ1) is 14.8. The number of thiophene rings is 1. The SMILES string of the molecule is C=CCC(=O)N(CC(=O)NCCc1ccsc1)C1CC1. The topological polar surface area (TPSA) is 49.4 Å². The fraction of sp³-hybridized carbons (Fsp3) is 0.467. The van der Waals surface area contributed by atoms with E-state index in [2.05, 4.69) is 23.3 Å². The number of rotatable bonds is 8. The highest BCUT2D eigenvalue weighted by Crippen LogP contribution is 2.27. The molecule has 0 atom stereocenters. The van der Waals surface area contributed by atoms with Crippen LogP contribution in [0.3, 0.4) is 0 Å². The zero-order valence-corrected chi connectivity index (χ0v) is 12.3. The molecule has 0 spiro atoms. The molecule has 0 radical (unpaired) electrons. The van der Waals surface area contributed by atoms with E-state index in [4.69, 9.17) is 0 Å². The van der Waals surface area contributed by atoms with E-state index in [1.54, 1.807) is 22.3 Å². The van der Waals surface area contributed by atoms with Crippen LogP contribution in [0, 0.1) is 0 Å². The van der Waals surface area contributed by atoms with Crippen LogP contribution < -0.4 is 5.32 Å². The summed E-state index contributed by atoms with van der Waals surface area (Å²) in [5.74, 6) is -0.0833. The van der Waals surface area contributed by atoms with Gasteiger partial charge in [0.15, 0.2) is 0 Å². The lowest BCUT2D eigenvalue weighted by Crippen LogP contribution is -2.42. The molecule has 1 aliphatic rings. The molecule has 0 unspecified atom stereocenters. The smallest absolute Gasteiger partial charge is 0.239 e. The third-order valence-electron chi connectivity index (χ3n) is 3.26. The van der Waals surface area contributed by atoms with Gasteiger partial charge < -0.3 is 10.2 Å². The Hall–Kier alpha value is -1.62. The molecule has 2 rings (SSSR count). The molecular formula is C15H20N2O2S. The minimum atomic E-state index is -0.0791. The maximum Gasteiger partial charge on any atom is 0.239 e. The van der Waals surface area contributed by atoms with E-state index in [9.17, 15) is 9.59 Å². The van der Waals surface area contributed by atoms with Crippen LogP contribution in [0.1, 0.15) is 24.8 Å². The molecule has 1 saturated carbocycles. The van der Waals surface area contributed by atoms with Gasteiger partial charge in [0, 0.05) is 19.0 Å². The van der Waals surface area contributed by atoms with Crippen molar-refractivity contribution < 1.29 is 9.59 Å². The normalized spacial score (nSPS) is 13.8. The summed E-state index contributed by atoms with van der Waals surface area (Å²) in [6.07, 6.45) is 4.74. The van der Waals surface area contributed by atoms with Gasteiger partial charge in [-0.05, 0) is 41.7 Å². The number of amides is 2. The van der Waals surface area contributed by atoms with Gasteiger partial charge in [0.1, 0.15) is 0 Å². The lowest BCUT2D eigenvalue weighted by molar-refractivity contribution is -0.135. The first-order valence-electron chi connectivity index (χ1n) is 6.89. The van der Waals surface area contributed by atoms with Crippen molar-refractivity contribution in [2.24, 2.45) is 0 Å². The average Bonchev–Trinajstić information content (AvgIpc) is 3.13. The Bertz CT molecular complexity index is 466. The van der Waals surface area contributed by atoms with Crippen molar-refractivity contribution in [3.05, 3.63) is 35.0 Å². The average molecular weight is 292 g/mol. The summed E-state index contributed by atoms with van der Waals surface area (Å²) < 4.78 is 0. The minimum absolute atomic E-state index is 0.00418. The Labute approximate surface area is 123 Å². The standard InChI is InChI=1S/C15H20N2O2S/c1-2-3-15(19)17(13-4-5-13)10-14(18)16-8-6-12-7-9-20-11-12/h2,7,9,11,13H,1,3-6,8,10H2,(H,16,18). The first-order chi connectivity index (χ1) is 9.70. The maximum absolute atomic E-state index is 11.9. The van der Waals surface area contributed by atoms with Crippen LogP contribution in [-0.4, -0.2) is 35.8 Å². The lowest BCUT2D eigenvalue weighted by atomic mass is 10.2. The molecule has 0 aliphatic heterocycles. The van der Waals surface area contributed by atoms with Crippen LogP contribution in [0.25, 0.3) is 0 Å². The van der Waals surface area contributed by atoms with Crippen LogP contribution >= 0.6 is 11.3 Å². The van der Waals surface area contributed by atoms with Crippen molar-refractivity contribution in [1.82, 2.24) is 10.2 Å².